The molecular weight excluding hydrogens is 817 g/mol. The molecule has 13 heteroatoms. The summed E-state index contributed by atoms with van der Waals surface area (Å²) in [5.41, 5.74) is 0. The zero-order valence-electron chi connectivity index (χ0n) is 41.9. The smallest absolute Gasteiger partial charge is 0.308 e. The van der Waals surface area contributed by atoms with E-state index in [0.717, 1.165) is 129 Å². The molecule has 13 nitrogen and oxygen atoms in total. The average Bonchev–Trinajstić information content (AvgIpc) is 3.57. The summed E-state index contributed by atoms with van der Waals surface area (Å²) in [4.78, 5) is 53.7. The normalized spacial score (nSPS) is 17.3. The van der Waals surface area contributed by atoms with Crippen molar-refractivity contribution in [2.75, 3.05) is 74.3 Å². The van der Waals surface area contributed by atoms with E-state index in [4.69, 9.17) is 33.2 Å². The number of carbonyl (C=O) groups is 4. The van der Waals surface area contributed by atoms with Crippen LogP contribution in [0, 0.1) is 0 Å². The molecule has 1 rings (SSSR count). The lowest BCUT2D eigenvalue weighted by Crippen LogP contribution is -2.41. The van der Waals surface area contributed by atoms with Crippen LogP contribution in [-0.2, 0) is 52.3 Å². The highest BCUT2D eigenvalue weighted by atomic mass is 16.7. The summed E-state index contributed by atoms with van der Waals surface area (Å²) < 4.78 is 41.7. The molecule has 0 saturated carbocycles. The Labute approximate surface area is 390 Å². The molecule has 0 amide bonds. The third-order valence-corrected chi connectivity index (χ3v) is 11.6. The predicted molar refractivity (Wildman–Crippen MR) is 254 cm³/mol. The van der Waals surface area contributed by atoms with E-state index in [1.165, 1.54) is 38.5 Å². The molecule has 1 aliphatic heterocycles. The second-order valence-electron chi connectivity index (χ2n) is 18.4. The van der Waals surface area contributed by atoms with Crippen LogP contribution in [0.25, 0.3) is 0 Å². The molecule has 0 spiro atoms. The first-order valence-corrected chi connectivity index (χ1v) is 25.9. The van der Waals surface area contributed by atoms with Crippen molar-refractivity contribution in [3.8, 4) is 0 Å². The van der Waals surface area contributed by atoms with E-state index >= 15 is 0 Å². The summed E-state index contributed by atoms with van der Waals surface area (Å²) in [6.45, 7) is 7.88. The summed E-state index contributed by atoms with van der Waals surface area (Å²) in [5, 5.41) is 0. The van der Waals surface area contributed by atoms with E-state index in [1.807, 2.05) is 38.0 Å². The summed E-state index contributed by atoms with van der Waals surface area (Å²) in [6.07, 6.45) is 25.6. The summed E-state index contributed by atoms with van der Waals surface area (Å²) in [5.74, 6) is -0.787. The molecule has 1 unspecified atom stereocenters. The van der Waals surface area contributed by atoms with Crippen LogP contribution in [-0.4, -0.2) is 133 Å². The Morgan fingerprint density at radius 3 is 1.22 bits per heavy atom. The van der Waals surface area contributed by atoms with Crippen molar-refractivity contribution >= 4 is 23.9 Å². The molecular formula is C51H96N2O11. The lowest BCUT2D eigenvalue weighted by atomic mass is 10.1. The lowest BCUT2D eigenvalue weighted by Gasteiger charge is -2.24. The number of rotatable bonds is 45. The van der Waals surface area contributed by atoms with Gasteiger partial charge in [0.25, 0.3) is 0 Å². The third-order valence-electron chi connectivity index (χ3n) is 11.6. The van der Waals surface area contributed by atoms with E-state index in [-0.39, 0.29) is 36.9 Å². The van der Waals surface area contributed by atoms with Gasteiger partial charge in [0.1, 0.15) is 24.9 Å². The molecule has 0 N–H and O–H groups in total. The minimum atomic E-state index is -0.963. The quantitative estimate of drug-likeness (QED) is 0.0326. The number of ether oxygens (including phenoxy) is 7. The fourth-order valence-electron chi connectivity index (χ4n) is 7.69. The van der Waals surface area contributed by atoms with E-state index in [9.17, 15) is 19.2 Å². The Hall–Kier alpha value is -2.32. The molecule has 0 bridgehead atoms. The van der Waals surface area contributed by atoms with Crippen molar-refractivity contribution in [1.29, 1.82) is 0 Å². The molecule has 0 aliphatic carbocycles. The van der Waals surface area contributed by atoms with Gasteiger partial charge in [0.2, 0.25) is 6.29 Å². The minimum absolute atomic E-state index is 0.00742. The molecule has 0 aromatic carbocycles. The molecule has 0 radical (unpaired) electrons. The zero-order valence-corrected chi connectivity index (χ0v) is 41.9. The molecule has 0 aromatic heterocycles. The van der Waals surface area contributed by atoms with Crippen molar-refractivity contribution in [2.45, 2.75) is 231 Å². The van der Waals surface area contributed by atoms with Crippen molar-refractivity contribution in [3.05, 3.63) is 0 Å². The van der Waals surface area contributed by atoms with Crippen LogP contribution in [0.5, 0.6) is 0 Å². The molecule has 1 aliphatic rings. The first kappa shape index (κ1) is 59.7. The van der Waals surface area contributed by atoms with Gasteiger partial charge in [0.15, 0.2) is 0 Å². The highest BCUT2D eigenvalue weighted by Crippen LogP contribution is 2.29. The number of carbonyl (C=O) groups excluding carboxylic acids is 4. The van der Waals surface area contributed by atoms with Crippen molar-refractivity contribution < 1.29 is 52.3 Å². The maximum atomic E-state index is 13.0. The Kier molecular flexibility index (Phi) is 39.2. The first-order valence-electron chi connectivity index (χ1n) is 25.9. The van der Waals surface area contributed by atoms with Crippen LogP contribution in [0.15, 0.2) is 0 Å². The van der Waals surface area contributed by atoms with E-state index in [0.29, 0.717) is 58.5 Å². The monoisotopic (exact) mass is 913 g/mol. The number of unbranched alkanes of at least 4 members (excludes halogenated alkanes) is 20. The summed E-state index contributed by atoms with van der Waals surface area (Å²) in [6, 6.07) is 0. The van der Waals surface area contributed by atoms with E-state index in [1.54, 1.807) is 0 Å². The Morgan fingerprint density at radius 2 is 0.766 bits per heavy atom. The van der Waals surface area contributed by atoms with Gasteiger partial charge in [-0.15, -0.1) is 0 Å². The van der Waals surface area contributed by atoms with Crippen LogP contribution in [0.2, 0.25) is 0 Å². The molecule has 64 heavy (non-hydrogen) atoms. The molecule has 4 atom stereocenters. The fourth-order valence-corrected chi connectivity index (χ4v) is 7.69. The van der Waals surface area contributed by atoms with Gasteiger partial charge in [-0.2, -0.15) is 0 Å². The first-order chi connectivity index (χ1) is 31.1. The summed E-state index contributed by atoms with van der Waals surface area (Å²) in [7, 11) is 7.89. The van der Waals surface area contributed by atoms with Gasteiger partial charge in [-0.05, 0) is 92.6 Å². The fraction of sp³-hybridized carbons (Fsp3) is 0.922. The van der Waals surface area contributed by atoms with Gasteiger partial charge < -0.3 is 43.0 Å². The van der Waals surface area contributed by atoms with E-state index in [2.05, 4.69) is 13.8 Å². The predicted octanol–water partition coefficient (Wildman–Crippen LogP) is 10.5. The van der Waals surface area contributed by atoms with Gasteiger partial charge in [-0.25, -0.2) is 0 Å². The maximum absolute atomic E-state index is 13.0. The Bertz CT molecular complexity index is 1140. The highest BCUT2D eigenvalue weighted by Gasteiger charge is 2.49. The second kappa shape index (κ2) is 42.1. The molecule has 1 heterocycles. The number of hydrogen-bond donors (Lipinski definition) is 0. The van der Waals surface area contributed by atoms with E-state index < -0.39 is 24.6 Å². The van der Waals surface area contributed by atoms with Gasteiger partial charge in [-0.3, -0.25) is 19.2 Å². The standard InChI is InChI=1S/C51H96N2O11/c1-7-9-11-19-25-33-45(54)58-39-27-21-15-13-17-23-29-41-60-49-44(43-62-47(56)35-31-37-52(3)4)63-51(64-48(57)36-32-38-53(5)6)50(49)61-42-30-24-18-14-16-22-28-40-59-46(55)34-26-20-12-10-8-2/h44,49-51H,7-43H2,1-6H3/t44-,49+,50?,51+/m1/s1. The van der Waals surface area contributed by atoms with Gasteiger partial charge in [0.05, 0.1) is 13.2 Å². The topological polar surface area (TPSA) is 139 Å². The Balaban J connectivity index is 2.62. The van der Waals surface area contributed by atoms with Crippen molar-refractivity contribution in [2.24, 2.45) is 0 Å². The SMILES string of the molecule is CCCCCCCC(=O)OCCCCCCCCCOC1[C@H](OC(=O)CCCN(C)C)O[C@H](COC(=O)CCCN(C)C)[C@@H]1OCCCCCCCCCOC(=O)CCCCCCC. The van der Waals surface area contributed by atoms with Crippen LogP contribution >= 0.6 is 0 Å². The van der Waals surface area contributed by atoms with Crippen molar-refractivity contribution in [3.63, 3.8) is 0 Å². The van der Waals surface area contributed by atoms with Gasteiger partial charge >= 0.3 is 23.9 Å². The molecule has 0 aromatic rings. The lowest BCUT2D eigenvalue weighted by molar-refractivity contribution is -0.197. The highest BCUT2D eigenvalue weighted by molar-refractivity contribution is 5.70. The molecule has 1 fully saturated rings. The maximum Gasteiger partial charge on any atom is 0.308 e. The number of nitrogens with zero attached hydrogens (tertiary/aromatic N) is 2. The average molecular weight is 913 g/mol. The number of hydrogen-bond acceptors (Lipinski definition) is 13. The van der Waals surface area contributed by atoms with Crippen LogP contribution in [0.3, 0.4) is 0 Å². The largest absolute Gasteiger partial charge is 0.466 e. The zero-order chi connectivity index (χ0) is 46.9. The van der Waals surface area contributed by atoms with Crippen LogP contribution in [0.4, 0.5) is 0 Å². The Morgan fingerprint density at radius 1 is 0.406 bits per heavy atom. The van der Waals surface area contributed by atoms with Gasteiger partial charge in [0, 0.05) is 38.9 Å². The molecule has 1 saturated heterocycles. The second-order valence-corrected chi connectivity index (χ2v) is 18.4. The number of esters is 4. The van der Waals surface area contributed by atoms with Crippen LogP contribution < -0.4 is 0 Å². The summed E-state index contributed by atoms with van der Waals surface area (Å²) >= 11 is 0. The van der Waals surface area contributed by atoms with Crippen molar-refractivity contribution in [1.82, 2.24) is 9.80 Å². The third kappa shape index (κ3) is 34.9. The molecule has 376 valence electrons. The van der Waals surface area contributed by atoms with Crippen LogP contribution in [0.1, 0.15) is 206 Å². The van der Waals surface area contributed by atoms with Gasteiger partial charge in [-0.1, -0.05) is 129 Å². The minimum Gasteiger partial charge on any atom is -0.466 e.